The molecule has 0 radical (unpaired) electrons. The Labute approximate surface area is 106 Å². The Morgan fingerprint density at radius 3 is 2.94 bits per heavy atom. The molecule has 1 aromatic rings. The van der Waals surface area contributed by atoms with Gasteiger partial charge in [-0.15, -0.1) is 0 Å². The zero-order valence-electron chi connectivity index (χ0n) is 10.6. The second-order valence-corrected chi connectivity index (χ2v) is 4.77. The minimum Gasteiger partial charge on any atom is -0.380 e. The van der Waals surface area contributed by atoms with Crippen molar-refractivity contribution in [2.75, 3.05) is 11.9 Å². The molecule has 1 saturated heterocycles. The Bertz CT molecular complexity index is 395. The highest BCUT2D eigenvalue weighted by Gasteiger charge is 2.22. The van der Waals surface area contributed by atoms with Gasteiger partial charge in [0.1, 0.15) is 11.6 Å². The van der Waals surface area contributed by atoms with Crippen molar-refractivity contribution in [1.82, 2.24) is 0 Å². The lowest BCUT2D eigenvalue weighted by Gasteiger charge is -2.30. The summed E-state index contributed by atoms with van der Waals surface area (Å²) < 4.78 is 32.0. The summed E-state index contributed by atoms with van der Waals surface area (Å²) in [5, 5.41) is 3.14. The Kier molecular flexibility index (Phi) is 4.53. The summed E-state index contributed by atoms with van der Waals surface area (Å²) in [5.74, 6) is -1.08. The highest BCUT2D eigenvalue weighted by atomic mass is 19.1. The van der Waals surface area contributed by atoms with Gasteiger partial charge < -0.3 is 10.1 Å². The van der Waals surface area contributed by atoms with Crippen molar-refractivity contribution >= 4 is 5.69 Å². The molecule has 100 valence electrons. The maximum atomic E-state index is 13.5. The maximum Gasteiger partial charge on any atom is 0.149 e. The van der Waals surface area contributed by atoms with Crippen LogP contribution in [0.15, 0.2) is 18.2 Å². The third-order valence-corrected chi connectivity index (χ3v) is 3.27. The number of nitrogens with one attached hydrogen (secondary N) is 1. The Hall–Kier alpha value is -1.16. The number of halogens is 2. The van der Waals surface area contributed by atoms with E-state index in [9.17, 15) is 8.78 Å². The molecule has 1 aromatic carbocycles. The monoisotopic (exact) mass is 255 g/mol. The molecule has 0 spiro atoms. The van der Waals surface area contributed by atoms with E-state index in [4.69, 9.17) is 4.74 Å². The predicted molar refractivity (Wildman–Crippen MR) is 67.7 cm³/mol. The highest BCUT2D eigenvalue weighted by Crippen LogP contribution is 2.23. The average molecular weight is 255 g/mol. The van der Waals surface area contributed by atoms with E-state index in [1.807, 2.05) is 0 Å². The van der Waals surface area contributed by atoms with Gasteiger partial charge in [0.15, 0.2) is 0 Å². The van der Waals surface area contributed by atoms with Crippen LogP contribution in [-0.4, -0.2) is 18.8 Å². The van der Waals surface area contributed by atoms with Gasteiger partial charge in [0, 0.05) is 18.7 Å². The molecule has 18 heavy (non-hydrogen) atoms. The number of ether oxygens (including phenoxy) is 1. The van der Waals surface area contributed by atoms with E-state index in [2.05, 4.69) is 12.2 Å². The van der Waals surface area contributed by atoms with Crippen LogP contribution in [0.2, 0.25) is 0 Å². The fourth-order valence-electron chi connectivity index (χ4n) is 2.36. The van der Waals surface area contributed by atoms with Gasteiger partial charge in [-0.1, -0.05) is 13.3 Å². The third-order valence-electron chi connectivity index (χ3n) is 3.27. The second kappa shape index (κ2) is 6.14. The summed E-state index contributed by atoms with van der Waals surface area (Å²) in [7, 11) is 0. The van der Waals surface area contributed by atoms with Gasteiger partial charge in [0.05, 0.1) is 11.8 Å². The minimum absolute atomic E-state index is 0.204. The van der Waals surface area contributed by atoms with E-state index in [1.165, 1.54) is 12.1 Å². The van der Waals surface area contributed by atoms with E-state index < -0.39 is 11.6 Å². The molecule has 0 amide bonds. The fraction of sp³-hybridized carbons (Fsp3) is 0.571. The Morgan fingerprint density at radius 1 is 1.39 bits per heavy atom. The summed E-state index contributed by atoms with van der Waals surface area (Å²) in [6.07, 6.45) is 4.11. The van der Waals surface area contributed by atoms with Crippen molar-refractivity contribution in [3.63, 3.8) is 0 Å². The van der Waals surface area contributed by atoms with Crippen molar-refractivity contribution in [2.24, 2.45) is 0 Å². The molecule has 1 heterocycles. The molecule has 2 unspecified atom stereocenters. The second-order valence-electron chi connectivity index (χ2n) is 4.77. The highest BCUT2D eigenvalue weighted by molar-refractivity contribution is 5.45. The summed E-state index contributed by atoms with van der Waals surface area (Å²) in [6, 6.07) is 3.84. The van der Waals surface area contributed by atoms with Crippen LogP contribution in [0.4, 0.5) is 14.5 Å². The Balaban J connectivity index is 1.96. The summed E-state index contributed by atoms with van der Waals surface area (Å²) >= 11 is 0. The molecule has 1 N–H and O–H groups in total. The molecule has 2 nitrogen and oxygen atoms in total. The SMILES string of the molecule is CCCC1CC(Nc2ccc(F)cc2F)CCO1. The first-order valence-corrected chi connectivity index (χ1v) is 6.52. The van der Waals surface area contributed by atoms with E-state index in [0.29, 0.717) is 12.3 Å². The van der Waals surface area contributed by atoms with Gasteiger partial charge in [-0.2, -0.15) is 0 Å². The van der Waals surface area contributed by atoms with E-state index in [1.54, 1.807) is 0 Å². The summed E-state index contributed by atoms with van der Waals surface area (Å²) in [6.45, 7) is 2.82. The van der Waals surface area contributed by atoms with Crippen LogP contribution >= 0.6 is 0 Å². The molecule has 2 atom stereocenters. The molecule has 0 saturated carbocycles. The van der Waals surface area contributed by atoms with Crippen LogP contribution < -0.4 is 5.32 Å². The molecule has 1 aliphatic rings. The lowest BCUT2D eigenvalue weighted by atomic mass is 10.00. The molecular weight excluding hydrogens is 236 g/mol. The molecule has 2 rings (SSSR count). The first kappa shape index (κ1) is 13.3. The van der Waals surface area contributed by atoms with Crippen LogP contribution in [0.1, 0.15) is 32.6 Å². The van der Waals surface area contributed by atoms with Crippen molar-refractivity contribution in [1.29, 1.82) is 0 Å². The molecule has 1 fully saturated rings. The quantitative estimate of drug-likeness (QED) is 0.885. The number of hydrogen-bond acceptors (Lipinski definition) is 2. The number of hydrogen-bond donors (Lipinski definition) is 1. The van der Waals surface area contributed by atoms with Crippen molar-refractivity contribution in [3.05, 3.63) is 29.8 Å². The van der Waals surface area contributed by atoms with E-state index in [-0.39, 0.29) is 12.1 Å². The molecule has 0 bridgehead atoms. The van der Waals surface area contributed by atoms with Crippen molar-refractivity contribution in [3.8, 4) is 0 Å². The summed E-state index contributed by atoms with van der Waals surface area (Å²) in [4.78, 5) is 0. The lowest BCUT2D eigenvalue weighted by Crippen LogP contribution is -2.34. The van der Waals surface area contributed by atoms with Crippen LogP contribution in [0.3, 0.4) is 0 Å². The number of benzene rings is 1. The number of rotatable bonds is 4. The smallest absolute Gasteiger partial charge is 0.149 e. The molecule has 4 heteroatoms. The molecular formula is C14H19F2NO. The average Bonchev–Trinajstić information content (AvgIpc) is 2.34. The van der Waals surface area contributed by atoms with E-state index >= 15 is 0 Å². The normalized spacial score (nSPS) is 23.9. The first-order chi connectivity index (χ1) is 8.69. The third kappa shape index (κ3) is 3.42. The van der Waals surface area contributed by atoms with Gasteiger partial charge in [-0.05, 0) is 31.4 Å². The Morgan fingerprint density at radius 2 is 2.22 bits per heavy atom. The van der Waals surface area contributed by atoms with Crippen LogP contribution in [0, 0.1) is 11.6 Å². The van der Waals surface area contributed by atoms with Gasteiger partial charge in [0.2, 0.25) is 0 Å². The lowest BCUT2D eigenvalue weighted by molar-refractivity contribution is 0.00593. The minimum atomic E-state index is -0.547. The molecule has 1 aliphatic heterocycles. The first-order valence-electron chi connectivity index (χ1n) is 6.52. The zero-order chi connectivity index (χ0) is 13.0. The predicted octanol–water partition coefficient (Wildman–Crippen LogP) is 3.72. The standard InChI is InChI=1S/C14H19F2NO/c1-2-3-12-9-11(6-7-18-12)17-14-5-4-10(15)8-13(14)16/h4-5,8,11-12,17H,2-3,6-7,9H2,1H3. The van der Waals surface area contributed by atoms with Gasteiger partial charge in [-0.25, -0.2) is 8.78 Å². The van der Waals surface area contributed by atoms with Crippen molar-refractivity contribution < 1.29 is 13.5 Å². The summed E-state index contributed by atoms with van der Waals surface area (Å²) in [5.41, 5.74) is 0.374. The van der Waals surface area contributed by atoms with Gasteiger partial charge in [0.25, 0.3) is 0 Å². The molecule has 0 aliphatic carbocycles. The van der Waals surface area contributed by atoms with Gasteiger partial charge in [-0.3, -0.25) is 0 Å². The van der Waals surface area contributed by atoms with Crippen LogP contribution in [-0.2, 0) is 4.74 Å². The van der Waals surface area contributed by atoms with Crippen molar-refractivity contribution in [2.45, 2.75) is 44.8 Å². The topological polar surface area (TPSA) is 21.3 Å². The maximum absolute atomic E-state index is 13.5. The zero-order valence-corrected chi connectivity index (χ0v) is 10.6. The van der Waals surface area contributed by atoms with E-state index in [0.717, 1.165) is 31.7 Å². The number of anilines is 1. The van der Waals surface area contributed by atoms with Crippen LogP contribution in [0.25, 0.3) is 0 Å². The van der Waals surface area contributed by atoms with Crippen LogP contribution in [0.5, 0.6) is 0 Å². The largest absolute Gasteiger partial charge is 0.380 e. The van der Waals surface area contributed by atoms with Gasteiger partial charge >= 0.3 is 0 Å². The fourth-order valence-corrected chi connectivity index (χ4v) is 2.36. The molecule has 0 aromatic heterocycles.